The zero-order valence-electron chi connectivity index (χ0n) is 6.74. The van der Waals surface area contributed by atoms with Gasteiger partial charge in [0.25, 0.3) is 6.47 Å². The third kappa shape index (κ3) is 5.79. The fourth-order valence-electron chi connectivity index (χ4n) is 0.454. The summed E-state index contributed by atoms with van der Waals surface area (Å²) in [5, 5.41) is 0. The molecule has 0 amide bonds. The molecule has 0 spiro atoms. The molecular weight excluding hydrogens is 224 g/mol. The first-order valence-electron chi connectivity index (χ1n) is 3.34. The summed E-state index contributed by atoms with van der Waals surface area (Å²) in [6.07, 6.45) is 3.55. The average molecular weight is 235 g/mol. The van der Waals surface area contributed by atoms with Gasteiger partial charge in [0.15, 0.2) is 0 Å². The number of carbonyl (C=O) groups is 1. The van der Waals surface area contributed by atoms with Gasteiger partial charge in [0, 0.05) is 16.9 Å². The Morgan fingerprint density at radius 3 is 2.58 bits per heavy atom. The van der Waals surface area contributed by atoms with E-state index in [0.29, 0.717) is 13.1 Å². The maximum Gasteiger partial charge on any atom is 0.293 e. The highest BCUT2D eigenvalue weighted by molar-refractivity contribution is 9.10. The van der Waals surface area contributed by atoms with Gasteiger partial charge >= 0.3 is 0 Å². The molecule has 0 aliphatic heterocycles. The molecule has 12 heavy (non-hydrogen) atoms. The summed E-state index contributed by atoms with van der Waals surface area (Å²) in [6, 6.07) is 1.88. The summed E-state index contributed by atoms with van der Waals surface area (Å²) in [5.74, 6) is 5.27. The van der Waals surface area contributed by atoms with E-state index in [1.807, 2.05) is 6.07 Å². The summed E-state index contributed by atoms with van der Waals surface area (Å²) < 4.78 is 6.65. The van der Waals surface area contributed by atoms with E-state index in [1.54, 1.807) is 19.3 Å². The van der Waals surface area contributed by atoms with Crippen LogP contribution in [-0.4, -0.2) is 17.8 Å². The predicted octanol–water partition coefficient (Wildman–Crippen LogP) is 1.14. The van der Waals surface area contributed by atoms with Gasteiger partial charge in [-0.05, 0) is 28.9 Å². The second-order valence-electron chi connectivity index (χ2n) is 1.83. The summed E-state index contributed by atoms with van der Waals surface area (Å²) in [4.78, 5) is 9.18. The van der Waals surface area contributed by atoms with Crippen molar-refractivity contribution < 1.29 is 9.53 Å². The van der Waals surface area contributed by atoms with Gasteiger partial charge < -0.3 is 10.6 Å². The van der Waals surface area contributed by atoms with Gasteiger partial charge in [-0.2, -0.15) is 0 Å². The normalized spacial score (nSPS) is 8.17. The van der Waals surface area contributed by atoms with E-state index < -0.39 is 0 Å². The fourth-order valence-corrected chi connectivity index (χ4v) is 0.808. The Morgan fingerprint density at radius 1 is 1.83 bits per heavy atom. The fraction of sp³-hybridized carbons (Fsp3) is 0.286. The maximum atomic E-state index is 9.18. The van der Waals surface area contributed by atoms with Crippen molar-refractivity contribution in [1.82, 2.24) is 4.68 Å². The van der Waals surface area contributed by atoms with Crippen LogP contribution in [0.4, 0.5) is 0 Å². The number of hydrogen-bond acceptors (Lipinski definition) is 3. The molecular formula is C7H11BrN2O2. The molecule has 5 heteroatoms. The van der Waals surface area contributed by atoms with E-state index in [1.165, 1.54) is 4.68 Å². The number of carbonyl (C=O) groups excluding carboxylic acids is 1. The van der Waals surface area contributed by atoms with Crippen LogP contribution in [0.1, 0.15) is 6.92 Å². The molecule has 1 rings (SSSR count). The molecule has 1 aromatic heterocycles. The van der Waals surface area contributed by atoms with Crippen LogP contribution in [0.25, 0.3) is 0 Å². The topological polar surface area (TPSA) is 57.2 Å². The minimum atomic E-state index is 0.431. The number of aromatic nitrogens is 1. The van der Waals surface area contributed by atoms with Gasteiger partial charge in [-0.15, -0.1) is 0 Å². The Labute approximate surface area is 79.4 Å². The Balaban J connectivity index is 0.000000217. The van der Waals surface area contributed by atoms with E-state index in [-0.39, 0.29) is 0 Å². The van der Waals surface area contributed by atoms with Crippen LogP contribution in [0.2, 0.25) is 0 Å². The third-order valence-corrected chi connectivity index (χ3v) is 1.38. The molecule has 0 aliphatic rings. The smallest absolute Gasteiger partial charge is 0.293 e. The molecule has 0 aliphatic carbocycles. The van der Waals surface area contributed by atoms with E-state index in [4.69, 9.17) is 5.84 Å². The highest BCUT2D eigenvalue weighted by atomic mass is 79.9. The number of ether oxygens (including phenoxy) is 1. The summed E-state index contributed by atoms with van der Waals surface area (Å²) >= 11 is 3.23. The minimum absolute atomic E-state index is 0.431. The van der Waals surface area contributed by atoms with Crippen LogP contribution >= 0.6 is 15.9 Å². The lowest BCUT2D eigenvalue weighted by Crippen LogP contribution is -2.02. The largest absolute Gasteiger partial charge is 0.468 e. The summed E-state index contributed by atoms with van der Waals surface area (Å²) in [7, 11) is 0. The monoisotopic (exact) mass is 234 g/mol. The van der Waals surface area contributed by atoms with Crippen LogP contribution in [-0.2, 0) is 9.53 Å². The lowest BCUT2D eigenvalue weighted by Gasteiger charge is -1.82. The van der Waals surface area contributed by atoms with E-state index in [2.05, 4.69) is 20.7 Å². The molecule has 0 saturated carbocycles. The summed E-state index contributed by atoms with van der Waals surface area (Å²) in [6.45, 7) is 2.66. The van der Waals surface area contributed by atoms with Crippen molar-refractivity contribution in [3.8, 4) is 0 Å². The van der Waals surface area contributed by atoms with Crippen LogP contribution in [0.15, 0.2) is 22.9 Å². The van der Waals surface area contributed by atoms with Gasteiger partial charge in [-0.25, -0.2) is 0 Å². The van der Waals surface area contributed by atoms with Crippen molar-refractivity contribution in [3.05, 3.63) is 22.9 Å². The third-order valence-electron chi connectivity index (χ3n) is 0.913. The van der Waals surface area contributed by atoms with Crippen LogP contribution in [0.3, 0.4) is 0 Å². The van der Waals surface area contributed by atoms with Crippen molar-refractivity contribution in [2.24, 2.45) is 0 Å². The first-order valence-corrected chi connectivity index (χ1v) is 4.13. The zero-order chi connectivity index (χ0) is 9.40. The lowest BCUT2D eigenvalue weighted by atomic mass is 10.7. The zero-order valence-corrected chi connectivity index (χ0v) is 8.32. The van der Waals surface area contributed by atoms with Crippen LogP contribution in [0.5, 0.6) is 0 Å². The lowest BCUT2D eigenvalue weighted by molar-refractivity contribution is -0.128. The van der Waals surface area contributed by atoms with Crippen molar-refractivity contribution in [2.45, 2.75) is 6.92 Å². The van der Waals surface area contributed by atoms with Gasteiger partial charge in [0.05, 0.1) is 6.61 Å². The standard InChI is InChI=1S/C4H5BrN2.C3H6O2/c5-4-1-2-7(6)3-4;1-2-5-3-4/h1-3H,6H2;3H,2H2,1H3. The molecule has 1 aromatic rings. The molecule has 0 radical (unpaired) electrons. The van der Waals surface area contributed by atoms with E-state index >= 15 is 0 Å². The highest BCUT2D eigenvalue weighted by Gasteiger charge is 1.82. The second kappa shape index (κ2) is 6.72. The van der Waals surface area contributed by atoms with Crippen molar-refractivity contribution in [1.29, 1.82) is 0 Å². The molecule has 0 unspecified atom stereocenters. The van der Waals surface area contributed by atoms with Gasteiger partial charge in [-0.1, -0.05) is 0 Å². The first kappa shape index (κ1) is 11.0. The average Bonchev–Trinajstić information content (AvgIpc) is 2.38. The Morgan fingerprint density at radius 2 is 2.50 bits per heavy atom. The van der Waals surface area contributed by atoms with Crippen molar-refractivity contribution in [3.63, 3.8) is 0 Å². The van der Waals surface area contributed by atoms with Crippen LogP contribution in [0, 0.1) is 0 Å². The van der Waals surface area contributed by atoms with Crippen molar-refractivity contribution in [2.75, 3.05) is 12.4 Å². The number of nitrogen functional groups attached to an aromatic ring is 1. The Kier molecular flexibility index (Phi) is 6.18. The van der Waals surface area contributed by atoms with Gasteiger partial charge in [0.2, 0.25) is 0 Å². The predicted molar refractivity (Wildman–Crippen MR) is 50.0 cm³/mol. The Bertz CT molecular complexity index is 208. The number of rotatable bonds is 2. The number of halogens is 1. The van der Waals surface area contributed by atoms with Gasteiger partial charge in [-0.3, -0.25) is 9.47 Å². The molecule has 0 bridgehead atoms. The Hall–Kier alpha value is -0.970. The maximum absolute atomic E-state index is 9.18. The molecule has 0 atom stereocenters. The second-order valence-corrected chi connectivity index (χ2v) is 2.74. The molecule has 1 heterocycles. The summed E-state index contributed by atoms with van der Waals surface area (Å²) in [5.41, 5.74) is 0. The molecule has 0 saturated heterocycles. The van der Waals surface area contributed by atoms with Crippen molar-refractivity contribution >= 4 is 22.4 Å². The first-order chi connectivity index (χ1) is 5.70. The number of nitrogens with zero attached hydrogens (tertiary/aromatic N) is 1. The number of hydrogen-bond donors (Lipinski definition) is 1. The minimum Gasteiger partial charge on any atom is -0.468 e. The highest BCUT2D eigenvalue weighted by Crippen LogP contribution is 2.05. The molecule has 68 valence electrons. The van der Waals surface area contributed by atoms with Gasteiger partial charge in [0.1, 0.15) is 0 Å². The molecule has 2 N–H and O–H groups in total. The molecule has 0 fully saturated rings. The number of nitrogens with two attached hydrogens (primary N) is 1. The SMILES string of the molecule is CCOC=O.Nn1ccc(Br)c1. The van der Waals surface area contributed by atoms with E-state index in [9.17, 15) is 4.79 Å². The van der Waals surface area contributed by atoms with Crippen LogP contribution < -0.4 is 5.84 Å². The molecule has 4 nitrogen and oxygen atoms in total. The molecule has 0 aromatic carbocycles. The van der Waals surface area contributed by atoms with E-state index in [0.717, 1.165) is 4.47 Å². The quantitative estimate of drug-likeness (QED) is 0.617.